The summed E-state index contributed by atoms with van der Waals surface area (Å²) in [5.74, 6) is -3.38. The predicted molar refractivity (Wildman–Crippen MR) is 95.1 cm³/mol. The molecule has 0 aliphatic carbocycles. The van der Waals surface area contributed by atoms with Crippen molar-refractivity contribution in [2.45, 2.75) is 39.0 Å². The van der Waals surface area contributed by atoms with Crippen LogP contribution in [-0.4, -0.2) is 53.7 Å². The molecule has 1 aromatic rings. The lowest BCUT2D eigenvalue weighted by Gasteiger charge is -2.40. The van der Waals surface area contributed by atoms with Crippen molar-refractivity contribution in [2.75, 3.05) is 25.0 Å². The van der Waals surface area contributed by atoms with Crippen LogP contribution in [0.25, 0.3) is 0 Å². The minimum atomic E-state index is -5.09. The number of likely N-dealkylation sites (tertiary alicyclic amines) is 1. The van der Waals surface area contributed by atoms with Gasteiger partial charge in [-0.2, -0.15) is 13.2 Å². The zero-order chi connectivity index (χ0) is 21.4. The maximum absolute atomic E-state index is 14.2. The maximum Gasteiger partial charge on any atom is 0.426 e. The summed E-state index contributed by atoms with van der Waals surface area (Å²) in [6.07, 6.45) is -4.97. The molecule has 0 radical (unpaired) electrons. The van der Waals surface area contributed by atoms with Gasteiger partial charge in [-0.3, -0.25) is 9.59 Å². The van der Waals surface area contributed by atoms with Crippen LogP contribution in [0.5, 0.6) is 0 Å². The molecule has 0 bridgehead atoms. The molecule has 3 atom stereocenters. The minimum absolute atomic E-state index is 0.101. The fourth-order valence-corrected chi connectivity index (χ4v) is 3.38. The number of aryl methyl sites for hydroxylation is 1. The first-order valence-corrected chi connectivity index (χ1v) is 8.89. The van der Waals surface area contributed by atoms with E-state index in [0.29, 0.717) is 12.5 Å². The standard InChI is InChI=1S/C19H24F4N2O3/c1-11-5-6-15(14(20)9-11)24(4)16(26)13-7-8-25(10-12(13)2)17(27)18(3,28)19(21,22)23/h5-6,9,12-13,28H,7-8,10H2,1-4H3/t12-,13+,18-/m1/s1. The van der Waals surface area contributed by atoms with E-state index in [4.69, 9.17) is 0 Å². The molecule has 1 N–H and O–H groups in total. The van der Waals surface area contributed by atoms with Gasteiger partial charge in [0.1, 0.15) is 5.82 Å². The molecule has 28 heavy (non-hydrogen) atoms. The van der Waals surface area contributed by atoms with E-state index in [1.807, 2.05) is 0 Å². The summed E-state index contributed by atoms with van der Waals surface area (Å²) in [6.45, 7) is 3.58. The van der Waals surface area contributed by atoms with E-state index in [1.54, 1.807) is 19.9 Å². The van der Waals surface area contributed by atoms with E-state index < -0.39 is 35.3 Å². The first-order valence-electron chi connectivity index (χ1n) is 8.89. The van der Waals surface area contributed by atoms with Crippen molar-refractivity contribution >= 4 is 17.5 Å². The predicted octanol–water partition coefficient (Wildman–Crippen LogP) is 2.89. The van der Waals surface area contributed by atoms with Crippen LogP contribution >= 0.6 is 0 Å². The Kier molecular flexibility index (Phi) is 6.08. The molecule has 0 spiro atoms. The van der Waals surface area contributed by atoms with Gasteiger partial charge in [0.05, 0.1) is 5.69 Å². The number of amides is 2. The van der Waals surface area contributed by atoms with Crippen molar-refractivity contribution in [1.82, 2.24) is 4.90 Å². The minimum Gasteiger partial charge on any atom is -0.373 e. The van der Waals surface area contributed by atoms with Crippen LogP contribution in [0.4, 0.5) is 23.2 Å². The fourth-order valence-electron chi connectivity index (χ4n) is 3.38. The van der Waals surface area contributed by atoms with Crippen molar-refractivity contribution < 1.29 is 32.3 Å². The number of hydrogen-bond donors (Lipinski definition) is 1. The Labute approximate surface area is 160 Å². The van der Waals surface area contributed by atoms with Gasteiger partial charge in [-0.25, -0.2) is 4.39 Å². The van der Waals surface area contributed by atoms with Crippen molar-refractivity contribution in [3.05, 3.63) is 29.6 Å². The quantitative estimate of drug-likeness (QED) is 0.789. The molecule has 1 heterocycles. The molecule has 5 nitrogen and oxygen atoms in total. The van der Waals surface area contributed by atoms with Crippen LogP contribution in [0.3, 0.4) is 0 Å². The van der Waals surface area contributed by atoms with Crippen molar-refractivity contribution in [1.29, 1.82) is 0 Å². The summed E-state index contributed by atoms with van der Waals surface area (Å²) in [4.78, 5) is 27.1. The molecular formula is C19H24F4N2O3. The summed E-state index contributed by atoms with van der Waals surface area (Å²) in [5, 5.41) is 9.59. The molecule has 0 saturated carbocycles. The van der Waals surface area contributed by atoms with E-state index in [1.165, 1.54) is 24.1 Å². The van der Waals surface area contributed by atoms with Gasteiger partial charge in [0, 0.05) is 26.1 Å². The van der Waals surface area contributed by atoms with Crippen LogP contribution in [0, 0.1) is 24.6 Å². The van der Waals surface area contributed by atoms with Gasteiger partial charge >= 0.3 is 6.18 Å². The first-order chi connectivity index (χ1) is 12.8. The van der Waals surface area contributed by atoms with Crippen LogP contribution in [0.15, 0.2) is 18.2 Å². The average molecular weight is 404 g/mol. The number of carbonyl (C=O) groups is 2. The number of aliphatic hydroxyl groups is 1. The van der Waals surface area contributed by atoms with Gasteiger partial charge < -0.3 is 14.9 Å². The second kappa shape index (κ2) is 7.69. The third-order valence-corrected chi connectivity index (χ3v) is 5.27. The maximum atomic E-state index is 14.2. The topological polar surface area (TPSA) is 60.9 Å². The highest BCUT2D eigenvalue weighted by atomic mass is 19.4. The highest BCUT2D eigenvalue weighted by molar-refractivity contribution is 5.95. The monoisotopic (exact) mass is 404 g/mol. The normalized spacial score (nSPS) is 22.5. The Balaban J connectivity index is 2.11. The van der Waals surface area contributed by atoms with E-state index in [0.717, 1.165) is 4.90 Å². The lowest BCUT2D eigenvalue weighted by molar-refractivity contribution is -0.251. The number of hydrogen-bond acceptors (Lipinski definition) is 3. The van der Waals surface area contributed by atoms with E-state index >= 15 is 0 Å². The number of alkyl halides is 3. The Hall–Kier alpha value is -2.16. The number of anilines is 1. The van der Waals surface area contributed by atoms with Crippen molar-refractivity contribution in [2.24, 2.45) is 11.8 Å². The molecular weight excluding hydrogens is 380 g/mol. The number of piperidine rings is 1. The number of halogens is 4. The van der Waals surface area contributed by atoms with Crippen LogP contribution in [0.1, 0.15) is 25.8 Å². The lowest BCUT2D eigenvalue weighted by atomic mass is 9.85. The second-order valence-electron chi connectivity index (χ2n) is 7.55. The molecule has 0 aromatic heterocycles. The van der Waals surface area contributed by atoms with Crippen LogP contribution < -0.4 is 4.90 Å². The highest BCUT2D eigenvalue weighted by Gasteiger charge is 2.57. The van der Waals surface area contributed by atoms with E-state index in [2.05, 4.69) is 0 Å². The largest absolute Gasteiger partial charge is 0.426 e. The molecule has 156 valence electrons. The molecule has 1 saturated heterocycles. The summed E-state index contributed by atoms with van der Waals surface area (Å²) >= 11 is 0. The van der Waals surface area contributed by atoms with Gasteiger partial charge in [-0.05, 0) is 43.9 Å². The number of rotatable bonds is 3. The molecule has 1 fully saturated rings. The average Bonchev–Trinajstić information content (AvgIpc) is 2.58. The zero-order valence-electron chi connectivity index (χ0n) is 16.2. The molecule has 2 rings (SSSR count). The Bertz CT molecular complexity index is 764. The van der Waals surface area contributed by atoms with Gasteiger partial charge in [-0.1, -0.05) is 13.0 Å². The van der Waals surface area contributed by atoms with E-state index in [9.17, 15) is 32.3 Å². The summed E-state index contributed by atoms with van der Waals surface area (Å²) < 4.78 is 52.9. The summed E-state index contributed by atoms with van der Waals surface area (Å²) in [6, 6.07) is 4.47. The van der Waals surface area contributed by atoms with Gasteiger partial charge in [0.15, 0.2) is 0 Å². The third kappa shape index (κ3) is 4.14. The van der Waals surface area contributed by atoms with E-state index in [-0.39, 0.29) is 31.1 Å². The first kappa shape index (κ1) is 22.1. The Morgan fingerprint density at radius 2 is 1.89 bits per heavy atom. The Morgan fingerprint density at radius 3 is 2.39 bits per heavy atom. The second-order valence-corrected chi connectivity index (χ2v) is 7.55. The molecule has 0 unspecified atom stereocenters. The van der Waals surface area contributed by atoms with Gasteiger partial charge in [0.2, 0.25) is 11.5 Å². The van der Waals surface area contributed by atoms with Crippen LogP contribution in [0.2, 0.25) is 0 Å². The van der Waals surface area contributed by atoms with Gasteiger partial charge in [-0.15, -0.1) is 0 Å². The highest BCUT2D eigenvalue weighted by Crippen LogP contribution is 2.34. The van der Waals surface area contributed by atoms with Crippen molar-refractivity contribution in [3.8, 4) is 0 Å². The SMILES string of the molecule is Cc1ccc(N(C)C(=O)[C@H]2CCN(C(=O)[C@@](C)(O)C(F)(F)F)C[C@H]2C)c(F)c1. The molecule has 1 aliphatic rings. The smallest absolute Gasteiger partial charge is 0.373 e. The fraction of sp³-hybridized carbons (Fsp3) is 0.579. The molecule has 2 amide bonds. The number of benzene rings is 1. The van der Waals surface area contributed by atoms with Crippen molar-refractivity contribution in [3.63, 3.8) is 0 Å². The molecule has 1 aromatic carbocycles. The summed E-state index contributed by atoms with van der Waals surface area (Å²) in [7, 11) is 1.44. The lowest BCUT2D eigenvalue weighted by Crippen LogP contribution is -2.59. The van der Waals surface area contributed by atoms with Crippen LogP contribution in [-0.2, 0) is 9.59 Å². The number of carbonyl (C=O) groups excluding carboxylic acids is 2. The summed E-state index contributed by atoms with van der Waals surface area (Å²) in [5.41, 5.74) is -2.66. The zero-order valence-corrected chi connectivity index (χ0v) is 16.2. The number of nitrogens with zero attached hydrogens (tertiary/aromatic N) is 2. The third-order valence-electron chi connectivity index (χ3n) is 5.27. The Morgan fingerprint density at radius 1 is 1.29 bits per heavy atom. The molecule has 1 aliphatic heterocycles. The molecule has 9 heteroatoms. The van der Waals surface area contributed by atoms with Gasteiger partial charge in [0.25, 0.3) is 5.91 Å².